The molecule has 0 spiro atoms. The Morgan fingerprint density at radius 3 is 2.37 bits per heavy atom. The number of carbonyl (C=O) groups excluding carboxylic acids is 2. The van der Waals surface area contributed by atoms with Gasteiger partial charge in [-0.2, -0.15) is 0 Å². The Bertz CT molecular complexity index is 983. The Morgan fingerprint density at radius 1 is 1.10 bits per heavy atom. The number of aromatic nitrogens is 2. The van der Waals surface area contributed by atoms with Crippen LogP contribution >= 0.6 is 0 Å². The number of amides is 2. The van der Waals surface area contributed by atoms with E-state index in [9.17, 15) is 9.59 Å². The monoisotopic (exact) mass is 412 g/mol. The molecule has 1 aromatic carbocycles. The molecular formula is C22H28N4O4. The van der Waals surface area contributed by atoms with Gasteiger partial charge in [-0.1, -0.05) is 12.1 Å². The first kappa shape index (κ1) is 20.4. The summed E-state index contributed by atoms with van der Waals surface area (Å²) < 4.78 is 12.9. The Hall–Kier alpha value is -2.87. The largest absolute Gasteiger partial charge is 0.455 e. The van der Waals surface area contributed by atoms with Gasteiger partial charge in [0.05, 0.1) is 35.8 Å². The number of morpholine rings is 1. The summed E-state index contributed by atoms with van der Waals surface area (Å²) in [6, 6.07) is 7.55. The van der Waals surface area contributed by atoms with Crippen LogP contribution in [0, 0.1) is 0 Å². The maximum Gasteiger partial charge on any atom is 0.359 e. The van der Waals surface area contributed by atoms with Crippen LogP contribution in [0.4, 0.5) is 10.5 Å². The molecule has 0 bridgehead atoms. The van der Waals surface area contributed by atoms with Crippen LogP contribution in [-0.2, 0) is 15.0 Å². The van der Waals surface area contributed by atoms with Crippen molar-refractivity contribution in [1.82, 2.24) is 14.5 Å². The molecule has 2 aliphatic heterocycles. The molecule has 4 rings (SSSR count). The summed E-state index contributed by atoms with van der Waals surface area (Å²) in [5.74, 6) is -0.498. The van der Waals surface area contributed by atoms with E-state index in [-0.39, 0.29) is 11.7 Å². The third-order valence-electron chi connectivity index (χ3n) is 5.35. The van der Waals surface area contributed by atoms with Crippen molar-refractivity contribution < 1.29 is 19.1 Å². The summed E-state index contributed by atoms with van der Waals surface area (Å²) in [6.07, 6.45) is 1.63. The van der Waals surface area contributed by atoms with Crippen molar-refractivity contribution in [2.24, 2.45) is 0 Å². The van der Waals surface area contributed by atoms with Crippen LogP contribution in [0.1, 0.15) is 50.8 Å². The van der Waals surface area contributed by atoms with Crippen LogP contribution in [0.3, 0.4) is 0 Å². The predicted octanol–water partition coefficient (Wildman–Crippen LogP) is 3.33. The SMILES string of the molecule is CC(C)(C)OC(=O)c1ncn2c1C(C)(C)N(C(=O)N1CCOCC1)c1ccccc1-2. The van der Waals surface area contributed by atoms with Crippen molar-refractivity contribution in [3.05, 3.63) is 42.0 Å². The highest BCUT2D eigenvalue weighted by atomic mass is 16.6. The van der Waals surface area contributed by atoms with Crippen molar-refractivity contribution in [1.29, 1.82) is 0 Å². The lowest BCUT2D eigenvalue weighted by atomic mass is 9.91. The number of carbonyl (C=O) groups is 2. The molecule has 0 atom stereocenters. The molecule has 0 radical (unpaired) electrons. The number of benzene rings is 1. The number of nitrogens with zero attached hydrogens (tertiary/aromatic N) is 4. The maximum absolute atomic E-state index is 13.6. The van der Waals surface area contributed by atoms with Gasteiger partial charge in [0.1, 0.15) is 11.9 Å². The quantitative estimate of drug-likeness (QED) is 0.672. The van der Waals surface area contributed by atoms with Crippen molar-refractivity contribution in [3.63, 3.8) is 0 Å². The lowest BCUT2D eigenvalue weighted by Gasteiger charge is -2.46. The minimum absolute atomic E-state index is 0.113. The number of esters is 1. The van der Waals surface area contributed by atoms with Gasteiger partial charge in [-0.15, -0.1) is 0 Å². The standard InChI is InChI=1S/C22H28N4O4/c1-21(2,3)30-19(27)17-18-22(4,5)26(20(28)24-10-12-29-13-11-24)16-9-7-6-8-15(16)25(18)14-23-17/h6-9,14H,10-13H2,1-5H3. The minimum Gasteiger partial charge on any atom is -0.455 e. The van der Waals surface area contributed by atoms with Gasteiger partial charge in [-0.05, 0) is 46.8 Å². The fraction of sp³-hybridized carbons (Fsp3) is 0.500. The molecule has 2 aromatic rings. The number of urea groups is 1. The number of imidazole rings is 1. The molecule has 0 saturated carbocycles. The lowest BCUT2D eigenvalue weighted by Crippen LogP contribution is -2.57. The molecule has 30 heavy (non-hydrogen) atoms. The fourth-order valence-corrected chi connectivity index (χ4v) is 4.09. The highest BCUT2D eigenvalue weighted by Gasteiger charge is 2.46. The van der Waals surface area contributed by atoms with E-state index in [0.717, 1.165) is 11.4 Å². The van der Waals surface area contributed by atoms with Gasteiger partial charge in [0, 0.05) is 13.1 Å². The summed E-state index contributed by atoms with van der Waals surface area (Å²) >= 11 is 0. The lowest BCUT2D eigenvalue weighted by molar-refractivity contribution is 0.00600. The van der Waals surface area contributed by atoms with E-state index in [4.69, 9.17) is 9.47 Å². The van der Waals surface area contributed by atoms with Crippen molar-refractivity contribution in [2.45, 2.75) is 45.8 Å². The zero-order chi connectivity index (χ0) is 21.7. The molecule has 8 nitrogen and oxygen atoms in total. The first-order valence-corrected chi connectivity index (χ1v) is 10.2. The number of hydrogen-bond acceptors (Lipinski definition) is 5. The second-order valence-electron chi connectivity index (χ2n) is 9.08. The van der Waals surface area contributed by atoms with Crippen molar-refractivity contribution >= 4 is 17.7 Å². The van der Waals surface area contributed by atoms with Gasteiger partial charge in [-0.3, -0.25) is 9.47 Å². The van der Waals surface area contributed by atoms with Crippen LogP contribution in [0.5, 0.6) is 0 Å². The van der Waals surface area contributed by atoms with Gasteiger partial charge in [0.15, 0.2) is 5.69 Å². The molecule has 0 unspecified atom stereocenters. The zero-order valence-corrected chi connectivity index (χ0v) is 18.1. The molecule has 160 valence electrons. The van der Waals surface area contributed by atoms with Gasteiger partial charge in [0.2, 0.25) is 0 Å². The third-order valence-corrected chi connectivity index (χ3v) is 5.35. The van der Waals surface area contributed by atoms with Crippen LogP contribution < -0.4 is 4.90 Å². The summed E-state index contributed by atoms with van der Waals surface area (Å²) in [4.78, 5) is 34.5. The molecule has 0 N–H and O–H groups in total. The number of rotatable bonds is 1. The van der Waals surface area contributed by atoms with Crippen LogP contribution in [0.2, 0.25) is 0 Å². The van der Waals surface area contributed by atoms with E-state index in [2.05, 4.69) is 4.98 Å². The highest BCUT2D eigenvalue weighted by molar-refractivity contribution is 5.98. The fourth-order valence-electron chi connectivity index (χ4n) is 4.09. The molecule has 2 aliphatic rings. The number of anilines is 1. The van der Waals surface area contributed by atoms with Gasteiger partial charge >= 0.3 is 12.0 Å². The molecule has 2 amide bonds. The molecule has 0 aliphatic carbocycles. The Balaban J connectivity index is 1.84. The Kier molecular flexibility index (Phi) is 4.85. The van der Waals surface area contributed by atoms with E-state index in [1.165, 1.54) is 0 Å². The smallest absolute Gasteiger partial charge is 0.359 e. The summed E-state index contributed by atoms with van der Waals surface area (Å²) in [6.45, 7) is 11.4. The number of ether oxygens (including phenoxy) is 2. The van der Waals surface area contributed by atoms with Crippen molar-refractivity contribution in [2.75, 3.05) is 31.2 Å². The second-order valence-corrected chi connectivity index (χ2v) is 9.08. The average Bonchev–Trinajstić information content (AvgIpc) is 3.14. The first-order valence-electron chi connectivity index (χ1n) is 10.2. The number of fused-ring (bicyclic) bond motifs is 3. The van der Waals surface area contributed by atoms with Crippen LogP contribution in [0.15, 0.2) is 30.6 Å². The van der Waals surface area contributed by atoms with E-state index in [1.807, 2.05) is 63.5 Å². The normalized spacial score (nSPS) is 17.9. The van der Waals surface area contributed by atoms with Crippen LogP contribution in [-0.4, -0.2) is 58.4 Å². The van der Waals surface area contributed by atoms with E-state index in [0.29, 0.717) is 32.0 Å². The number of hydrogen-bond donors (Lipinski definition) is 0. The zero-order valence-electron chi connectivity index (χ0n) is 18.1. The second kappa shape index (κ2) is 7.12. The van der Waals surface area contributed by atoms with Gasteiger partial charge in [-0.25, -0.2) is 14.6 Å². The number of para-hydroxylation sites is 2. The summed E-state index contributed by atoms with van der Waals surface area (Å²) in [7, 11) is 0. The van der Waals surface area contributed by atoms with Gasteiger partial charge in [0.25, 0.3) is 0 Å². The summed E-state index contributed by atoms with van der Waals surface area (Å²) in [5, 5.41) is 0. The highest BCUT2D eigenvalue weighted by Crippen LogP contribution is 2.44. The minimum atomic E-state index is -0.827. The Morgan fingerprint density at radius 2 is 1.73 bits per heavy atom. The average molecular weight is 412 g/mol. The molecular weight excluding hydrogens is 384 g/mol. The molecule has 8 heteroatoms. The van der Waals surface area contributed by atoms with Crippen LogP contribution in [0.25, 0.3) is 5.69 Å². The van der Waals surface area contributed by atoms with E-state index >= 15 is 0 Å². The maximum atomic E-state index is 13.6. The molecule has 1 fully saturated rings. The predicted molar refractivity (Wildman–Crippen MR) is 112 cm³/mol. The topological polar surface area (TPSA) is 76.9 Å². The summed E-state index contributed by atoms with van der Waals surface area (Å²) in [5.41, 5.74) is 0.969. The first-order chi connectivity index (χ1) is 14.1. The molecule has 1 saturated heterocycles. The molecule has 1 aromatic heterocycles. The third kappa shape index (κ3) is 3.35. The van der Waals surface area contributed by atoms with E-state index in [1.54, 1.807) is 16.1 Å². The Labute approximate surface area is 176 Å². The van der Waals surface area contributed by atoms with E-state index < -0.39 is 17.1 Å². The van der Waals surface area contributed by atoms with Gasteiger partial charge < -0.3 is 14.4 Å². The molecule has 3 heterocycles. The van der Waals surface area contributed by atoms with Crippen molar-refractivity contribution in [3.8, 4) is 5.69 Å².